The molecule has 0 bridgehead atoms. The molecule has 4 unspecified atom stereocenters. The quantitative estimate of drug-likeness (QED) is 0.0189. The van der Waals surface area contributed by atoms with Crippen LogP contribution in [0.1, 0.15) is 112 Å². The number of methoxy groups -OCH3 is 2. The first kappa shape index (κ1) is 65.8. The van der Waals surface area contributed by atoms with E-state index in [4.69, 9.17) is 28.4 Å². The molecule has 18 nitrogen and oxygen atoms in total. The number of thioether (sulfide) groups is 1. The maximum Gasteiger partial charge on any atom is 0.270 e. The average Bonchev–Trinajstić information content (AvgIpc) is 1.63. The predicted octanol–water partition coefficient (Wildman–Crippen LogP) is 10.3. The molecule has 1 fully saturated rings. The van der Waals surface area contributed by atoms with Crippen molar-refractivity contribution >= 4 is 89.9 Å². The van der Waals surface area contributed by atoms with Crippen LogP contribution < -0.4 is 28.9 Å². The van der Waals surface area contributed by atoms with Crippen LogP contribution in [0.25, 0.3) is 0 Å². The highest BCUT2D eigenvalue weighted by Gasteiger charge is 2.47. The summed E-state index contributed by atoms with van der Waals surface area (Å²) in [6.45, 7) is 9.88. The summed E-state index contributed by atoms with van der Waals surface area (Å²) < 4.78 is 73.2. The zero-order valence-electron chi connectivity index (χ0n) is 51.5. The Kier molecular flexibility index (Phi) is 21.8. The maximum absolute atomic E-state index is 14.5. The summed E-state index contributed by atoms with van der Waals surface area (Å²) in [6, 6.07) is 28.1. The molecule has 0 saturated carbocycles. The van der Waals surface area contributed by atoms with E-state index in [0.29, 0.717) is 130 Å². The van der Waals surface area contributed by atoms with E-state index in [1.54, 1.807) is 54.0 Å². The fraction of sp³-hybridized carbons (Fsp3) is 0.478. The van der Waals surface area contributed by atoms with Crippen molar-refractivity contribution in [2.24, 2.45) is 0 Å². The van der Waals surface area contributed by atoms with Crippen molar-refractivity contribution in [3.8, 4) is 17.2 Å². The number of benzene rings is 5. The van der Waals surface area contributed by atoms with Crippen molar-refractivity contribution < 1.29 is 65.4 Å². The molecule has 5 aromatic rings. The summed E-state index contributed by atoms with van der Waals surface area (Å²) in [5, 5.41) is -1.61. The number of hydrogen-bond acceptors (Lipinski definition) is 17. The molecular formula is C67H80N4O14S4. The van der Waals surface area contributed by atoms with E-state index < -0.39 is 21.4 Å². The molecule has 10 rings (SSSR count). The van der Waals surface area contributed by atoms with E-state index in [1.165, 1.54) is 27.1 Å². The van der Waals surface area contributed by atoms with E-state index in [0.717, 1.165) is 52.2 Å². The number of likely N-dealkylation sites (tertiary alicyclic amines) is 1. The first-order chi connectivity index (χ1) is 42.8. The Hall–Kier alpha value is -6.11. The minimum atomic E-state index is -4.61. The second-order valence-electron chi connectivity index (χ2n) is 23.9. The SMILES string of the molecule is COCCOCCOCCN(CC(C)(C)SSCCCC(=O)CCCN1C(=O)CC(SC)C1=O)c1cc(COc2cc3c(cc2C)C(=O)N2c4ccccc4CC2C(S(=O)(=O)O)C3)cc(COc2cc3c(cc2OC)C(=O)N2c4ccccc4CC2CC3)c1. The molecule has 4 amide bonds. The topological polar surface area (TPSA) is 208 Å². The number of amides is 4. The van der Waals surface area contributed by atoms with Gasteiger partial charge in [0, 0.05) is 90.7 Å². The van der Waals surface area contributed by atoms with Gasteiger partial charge < -0.3 is 43.1 Å². The number of para-hydroxylation sites is 2. The molecule has 0 spiro atoms. The largest absolute Gasteiger partial charge is 0.493 e. The number of rotatable bonds is 31. The Labute approximate surface area is 534 Å². The average molecular weight is 1290 g/mol. The summed E-state index contributed by atoms with van der Waals surface area (Å²) >= 11 is 1.38. The number of fused-ring (bicyclic) bond motifs is 8. The number of ketones is 1. The Balaban J connectivity index is 0.895. The molecule has 1 N–H and O–H groups in total. The van der Waals surface area contributed by atoms with Crippen LogP contribution in [0.3, 0.4) is 0 Å². The van der Waals surface area contributed by atoms with E-state index in [9.17, 15) is 36.9 Å². The zero-order valence-corrected chi connectivity index (χ0v) is 54.8. The molecule has 5 aromatic carbocycles. The fourth-order valence-electron chi connectivity index (χ4n) is 12.7. The van der Waals surface area contributed by atoms with E-state index in [2.05, 4.69) is 36.9 Å². The Bertz CT molecular complexity index is 3550. The number of aryl methyl sites for hydroxylation is 2. The van der Waals surface area contributed by atoms with Crippen LogP contribution in [0, 0.1) is 6.92 Å². The van der Waals surface area contributed by atoms with Crippen molar-refractivity contribution in [3.05, 3.63) is 141 Å². The number of anilines is 3. The van der Waals surface area contributed by atoms with Crippen molar-refractivity contribution in [1.29, 1.82) is 0 Å². The van der Waals surface area contributed by atoms with Crippen LogP contribution >= 0.6 is 33.3 Å². The van der Waals surface area contributed by atoms with E-state index in [1.807, 2.05) is 72.7 Å². The smallest absolute Gasteiger partial charge is 0.270 e. The minimum Gasteiger partial charge on any atom is -0.493 e. The van der Waals surface area contributed by atoms with Gasteiger partial charge in [-0.2, -0.15) is 20.2 Å². The van der Waals surface area contributed by atoms with Crippen LogP contribution in [0.4, 0.5) is 17.1 Å². The predicted molar refractivity (Wildman–Crippen MR) is 350 cm³/mol. The van der Waals surface area contributed by atoms with Crippen LogP contribution in [-0.4, -0.2) is 154 Å². The van der Waals surface area contributed by atoms with Crippen molar-refractivity contribution in [1.82, 2.24) is 4.90 Å². The number of carbonyl (C=O) groups is 5. The molecule has 22 heteroatoms. The van der Waals surface area contributed by atoms with Crippen LogP contribution in [0.15, 0.2) is 91.0 Å². The van der Waals surface area contributed by atoms with Gasteiger partial charge in [-0.25, -0.2) is 0 Å². The third-order valence-corrected chi connectivity index (χ3v) is 22.7. The highest BCUT2D eigenvalue weighted by molar-refractivity contribution is 8.77. The van der Waals surface area contributed by atoms with Gasteiger partial charge in [0.25, 0.3) is 21.9 Å². The van der Waals surface area contributed by atoms with Crippen LogP contribution in [0.5, 0.6) is 17.2 Å². The number of hydrogen-bond donors (Lipinski definition) is 1. The van der Waals surface area contributed by atoms with Gasteiger partial charge in [-0.3, -0.25) is 33.4 Å². The number of ether oxygens (including phenoxy) is 6. The minimum absolute atomic E-state index is 0.0481. The summed E-state index contributed by atoms with van der Waals surface area (Å²) in [5.41, 5.74) is 9.04. The maximum atomic E-state index is 14.5. The van der Waals surface area contributed by atoms with Gasteiger partial charge in [0.2, 0.25) is 11.8 Å². The third kappa shape index (κ3) is 15.6. The molecule has 5 heterocycles. The first-order valence-corrected chi connectivity index (χ1v) is 35.6. The van der Waals surface area contributed by atoms with Gasteiger partial charge in [0.1, 0.15) is 30.0 Å². The van der Waals surface area contributed by atoms with Gasteiger partial charge in [0.15, 0.2) is 11.5 Å². The van der Waals surface area contributed by atoms with Crippen molar-refractivity contribution in [3.63, 3.8) is 0 Å². The standard InChI is InChI=1S/C67H80N4O14S4/c1-43-29-53-49(37-62(89(77,78)79)57-34-48-14-8-10-18-56(48)71(57)65(53)75)36-58(43)84-40-44-30-45(41-85-60-35-46-19-20-50-33-47-13-7-9-17-55(47)70(50)64(74)54(46)38-59(60)81-5)32-51(31-44)68(22-23-82-26-27-83-25-24-80-4)42-67(2,3)88-87-28-12-16-52(72)15-11-21-69-63(73)39-61(86-6)66(69)76/h7-10,13-14,17-18,29-32,35-36,38,50,57,61-62H,11-12,15-16,19-28,33-34,37,39-42H2,1-6H3,(H,77,78,79). The van der Waals surface area contributed by atoms with E-state index >= 15 is 0 Å². The van der Waals surface area contributed by atoms with Gasteiger partial charge >= 0.3 is 0 Å². The second-order valence-corrected chi connectivity index (χ2v) is 29.7. The molecule has 1 saturated heterocycles. The van der Waals surface area contributed by atoms with Crippen molar-refractivity contribution in [2.75, 3.05) is 93.6 Å². The summed E-state index contributed by atoms with van der Waals surface area (Å²) in [6.07, 6.45) is 6.38. The number of nitrogens with zero attached hydrogens (tertiary/aromatic N) is 4. The van der Waals surface area contributed by atoms with Gasteiger partial charge in [-0.1, -0.05) is 58.0 Å². The molecule has 0 aliphatic carbocycles. The first-order valence-electron chi connectivity index (χ1n) is 30.5. The summed E-state index contributed by atoms with van der Waals surface area (Å²) in [7, 11) is 2.04. The lowest BCUT2D eigenvalue weighted by Gasteiger charge is -2.34. The molecule has 4 atom stereocenters. The lowest BCUT2D eigenvalue weighted by molar-refractivity contribution is -0.138. The molecule has 5 aliphatic rings. The number of Topliss-reactive ketones (excluding diaryl/α,β-unsaturated/α-hetero) is 1. The molecule has 0 radical (unpaired) electrons. The fourth-order valence-corrected chi connectivity index (χ4v) is 16.9. The summed E-state index contributed by atoms with van der Waals surface area (Å²) in [5.74, 6) is 1.52. The normalized spacial score (nSPS) is 18.7. The second kappa shape index (κ2) is 29.4. The van der Waals surface area contributed by atoms with Gasteiger partial charge in [0.05, 0.1) is 51.4 Å². The highest BCUT2D eigenvalue weighted by Crippen LogP contribution is 2.44. The van der Waals surface area contributed by atoms with Gasteiger partial charge in [-0.15, -0.1) is 0 Å². The van der Waals surface area contributed by atoms with E-state index in [-0.39, 0.29) is 78.1 Å². The highest BCUT2D eigenvalue weighted by atomic mass is 33.1. The Morgan fingerprint density at radius 2 is 1.36 bits per heavy atom. The van der Waals surface area contributed by atoms with Gasteiger partial charge in [-0.05, 0) is 166 Å². The Morgan fingerprint density at radius 1 is 0.719 bits per heavy atom. The monoisotopic (exact) mass is 1290 g/mol. The summed E-state index contributed by atoms with van der Waals surface area (Å²) in [4.78, 5) is 73.9. The Morgan fingerprint density at radius 3 is 2.06 bits per heavy atom. The molecular weight excluding hydrogens is 1210 g/mol. The third-order valence-electron chi connectivity index (χ3n) is 17.1. The number of carbonyl (C=O) groups excluding carboxylic acids is 5. The molecule has 5 aliphatic heterocycles. The molecule has 0 aromatic heterocycles. The van der Waals surface area contributed by atoms with Crippen LogP contribution in [0.2, 0.25) is 0 Å². The zero-order chi connectivity index (χ0) is 63.0. The molecule has 89 heavy (non-hydrogen) atoms. The van der Waals surface area contributed by atoms with Crippen LogP contribution in [-0.2, 0) is 77.6 Å². The molecule has 476 valence electrons. The lowest BCUT2D eigenvalue weighted by Crippen LogP contribution is -2.47. The van der Waals surface area contributed by atoms with Crippen molar-refractivity contribution in [2.45, 2.75) is 126 Å². The lowest BCUT2D eigenvalue weighted by atomic mass is 9.97. The number of imide groups is 1.